The van der Waals surface area contributed by atoms with Gasteiger partial charge in [-0.2, -0.15) is 0 Å². The first-order valence-corrected chi connectivity index (χ1v) is 8.24. The van der Waals surface area contributed by atoms with Crippen molar-refractivity contribution in [1.29, 1.82) is 0 Å². The van der Waals surface area contributed by atoms with Gasteiger partial charge in [-0.3, -0.25) is 4.79 Å². The van der Waals surface area contributed by atoms with Crippen molar-refractivity contribution in [2.24, 2.45) is 0 Å². The summed E-state index contributed by atoms with van der Waals surface area (Å²) in [5.74, 6) is -0.0969. The van der Waals surface area contributed by atoms with Gasteiger partial charge in [0.15, 0.2) is 0 Å². The third-order valence-electron chi connectivity index (χ3n) is 3.59. The van der Waals surface area contributed by atoms with Crippen molar-refractivity contribution in [3.63, 3.8) is 0 Å². The van der Waals surface area contributed by atoms with E-state index in [1.54, 1.807) is 11.3 Å². The summed E-state index contributed by atoms with van der Waals surface area (Å²) in [5, 5.41) is 4.97. The average molecular weight is 322 g/mol. The molecule has 0 fully saturated rings. The maximum Gasteiger partial charge on any atom is 0.255 e. The maximum absolute atomic E-state index is 12.3. The highest BCUT2D eigenvalue weighted by atomic mass is 32.1. The van der Waals surface area contributed by atoms with Crippen LogP contribution in [-0.2, 0) is 0 Å². The molecule has 3 aromatic rings. The number of thiophene rings is 1. The van der Waals surface area contributed by atoms with Gasteiger partial charge in [0.1, 0.15) is 0 Å². The Morgan fingerprint density at radius 3 is 2.22 bits per heavy atom. The van der Waals surface area contributed by atoms with Crippen LogP contribution in [0.3, 0.4) is 0 Å². The van der Waals surface area contributed by atoms with E-state index in [2.05, 4.69) is 11.4 Å². The number of benzene rings is 2. The minimum Gasteiger partial charge on any atom is -0.378 e. The van der Waals surface area contributed by atoms with E-state index in [1.165, 1.54) is 4.88 Å². The largest absolute Gasteiger partial charge is 0.378 e. The Balaban J connectivity index is 1.70. The molecule has 1 heterocycles. The molecule has 23 heavy (non-hydrogen) atoms. The molecule has 0 aliphatic carbocycles. The van der Waals surface area contributed by atoms with E-state index in [0.29, 0.717) is 5.56 Å². The summed E-state index contributed by atoms with van der Waals surface area (Å²) in [6, 6.07) is 19.6. The highest BCUT2D eigenvalue weighted by Crippen LogP contribution is 2.25. The number of carbonyl (C=O) groups is 1. The van der Waals surface area contributed by atoms with E-state index in [4.69, 9.17) is 0 Å². The Morgan fingerprint density at radius 2 is 1.65 bits per heavy atom. The lowest BCUT2D eigenvalue weighted by Gasteiger charge is -2.13. The number of anilines is 2. The molecule has 1 N–H and O–H groups in total. The number of hydrogen-bond donors (Lipinski definition) is 1. The molecule has 0 spiro atoms. The molecule has 3 nitrogen and oxygen atoms in total. The molecule has 4 heteroatoms. The molecule has 0 saturated carbocycles. The summed E-state index contributed by atoms with van der Waals surface area (Å²) in [6.07, 6.45) is 0. The molecule has 1 aromatic heterocycles. The Morgan fingerprint density at radius 1 is 0.957 bits per heavy atom. The molecule has 0 atom stereocenters. The van der Waals surface area contributed by atoms with Gasteiger partial charge in [0.25, 0.3) is 5.91 Å². The van der Waals surface area contributed by atoms with Crippen molar-refractivity contribution in [2.75, 3.05) is 24.3 Å². The molecule has 1 amide bonds. The Kier molecular flexibility index (Phi) is 4.44. The molecular formula is C19H18N2OS. The normalized spacial score (nSPS) is 10.3. The first-order valence-electron chi connectivity index (χ1n) is 7.36. The lowest BCUT2D eigenvalue weighted by Crippen LogP contribution is -2.12. The zero-order valence-electron chi connectivity index (χ0n) is 13.1. The fourth-order valence-electron chi connectivity index (χ4n) is 2.27. The first kappa shape index (κ1) is 15.3. The van der Waals surface area contributed by atoms with Gasteiger partial charge in [-0.25, -0.2) is 0 Å². The fourth-order valence-corrected chi connectivity index (χ4v) is 3.01. The summed E-state index contributed by atoms with van der Waals surface area (Å²) < 4.78 is 0. The summed E-state index contributed by atoms with van der Waals surface area (Å²) in [4.78, 5) is 15.5. The highest BCUT2D eigenvalue weighted by molar-refractivity contribution is 7.13. The summed E-state index contributed by atoms with van der Waals surface area (Å²) in [5.41, 5.74) is 3.68. The topological polar surface area (TPSA) is 32.3 Å². The van der Waals surface area contributed by atoms with Gasteiger partial charge in [-0.1, -0.05) is 18.2 Å². The maximum atomic E-state index is 12.3. The van der Waals surface area contributed by atoms with Crippen LogP contribution >= 0.6 is 11.3 Å². The minimum absolute atomic E-state index is 0.0969. The monoisotopic (exact) mass is 322 g/mol. The van der Waals surface area contributed by atoms with Gasteiger partial charge in [0.2, 0.25) is 0 Å². The first-order chi connectivity index (χ1) is 11.1. The molecule has 0 bridgehead atoms. The van der Waals surface area contributed by atoms with Gasteiger partial charge >= 0.3 is 0 Å². The van der Waals surface area contributed by atoms with E-state index in [0.717, 1.165) is 16.9 Å². The van der Waals surface area contributed by atoms with Gasteiger partial charge in [-0.15, -0.1) is 11.3 Å². The molecule has 3 rings (SSSR count). The van der Waals surface area contributed by atoms with Crippen LogP contribution in [0, 0.1) is 0 Å². The van der Waals surface area contributed by atoms with Crippen LogP contribution in [0.2, 0.25) is 0 Å². The molecule has 0 saturated heterocycles. The minimum atomic E-state index is -0.0969. The molecule has 0 aliphatic heterocycles. The zero-order chi connectivity index (χ0) is 16.2. The van der Waals surface area contributed by atoms with Crippen molar-refractivity contribution in [2.45, 2.75) is 0 Å². The van der Waals surface area contributed by atoms with Crippen molar-refractivity contribution >= 4 is 28.6 Å². The molecule has 116 valence electrons. The highest BCUT2D eigenvalue weighted by Gasteiger charge is 2.07. The average Bonchev–Trinajstić information content (AvgIpc) is 3.10. The lowest BCUT2D eigenvalue weighted by molar-refractivity contribution is 0.102. The third kappa shape index (κ3) is 3.60. The van der Waals surface area contributed by atoms with E-state index in [-0.39, 0.29) is 5.91 Å². The quantitative estimate of drug-likeness (QED) is 0.753. The van der Waals surface area contributed by atoms with Crippen molar-refractivity contribution < 1.29 is 4.79 Å². The number of nitrogens with one attached hydrogen (secondary N) is 1. The third-order valence-corrected chi connectivity index (χ3v) is 4.51. The second-order valence-electron chi connectivity index (χ2n) is 5.45. The summed E-state index contributed by atoms with van der Waals surface area (Å²) in [6.45, 7) is 0. The van der Waals surface area contributed by atoms with Gasteiger partial charge in [0, 0.05) is 35.9 Å². The molecular weight excluding hydrogens is 304 g/mol. The Hall–Kier alpha value is -2.59. The second-order valence-corrected chi connectivity index (χ2v) is 6.40. The summed E-state index contributed by atoms with van der Waals surface area (Å²) in [7, 11) is 3.98. The predicted octanol–water partition coefficient (Wildman–Crippen LogP) is 4.73. The fraction of sp³-hybridized carbons (Fsp3) is 0.105. The summed E-state index contributed by atoms with van der Waals surface area (Å²) >= 11 is 1.69. The zero-order valence-corrected chi connectivity index (χ0v) is 13.9. The standard InChI is InChI=1S/C19H18N2OS/c1-21(2)17-11-9-16(10-12-17)20-19(22)15-7-5-14(6-8-15)18-4-3-13-23-18/h3-13H,1-2H3,(H,20,22). The van der Waals surface area contributed by atoms with Gasteiger partial charge < -0.3 is 10.2 Å². The number of nitrogens with zero attached hydrogens (tertiary/aromatic N) is 1. The van der Waals surface area contributed by atoms with Crippen molar-refractivity contribution in [1.82, 2.24) is 0 Å². The van der Waals surface area contributed by atoms with E-state index in [1.807, 2.05) is 79.0 Å². The van der Waals surface area contributed by atoms with Crippen LogP contribution in [0.4, 0.5) is 11.4 Å². The Labute approximate surface area is 140 Å². The van der Waals surface area contributed by atoms with Gasteiger partial charge in [-0.05, 0) is 53.4 Å². The lowest BCUT2D eigenvalue weighted by atomic mass is 10.1. The number of amides is 1. The Bertz CT molecular complexity index is 775. The predicted molar refractivity (Wildman–Crippen MR) is 98.5 cm³/mol. The van der Waals surface area contributed by atoms with E-state index >= 15 is 0 Å². The van der Waals surface area contributed by atoms with Crippen LogP contribution in [0.25, 0.3) is 10.4 Å². The number of carbonyl (C=O) groups excluding carboxylic acids is 1. The van der Waals surface area contributed by atoms with E-state index < -0.39 is 0 Å². The van der Waals surface area contributed by atoms with Crippen LogP contribution in [0.15, 0.2) is 66.0 Å². The van der Waals surface area contributed by atoms with E-state index in [9.17, 15) is 4.79 Å². The van der Waals surface area contributed by atoms with Crippen LogP contribution in [-0.4, -0.2) is 20.0 Å². The van der Waals surface area contributed by atoms with Crippen LogP contribution in [0.5, 0.6) is 0 Å². The van der Waals surface area contributed by atoms with Crippen LogP contribution < -0.4 is 10.2 Å². The van der Waals surface area contributed by atoms with Crippen molar-refractivity contribution in [3.05, 3.63) is 71.6 Å². The number of rotatable bonds is 4. The van der Waals surface area contributed by atoms with Crippen LogP contribution in [0.1, 0.15) is 10.4 Å². The molecule has 2 aromatic carbocycles. The molecule has 0 aliphatic rings. The molecule has 0 unspecified atom stereocenters. The van der Waals surface area contributed by atoms with Gasteiger partial charge in [0.05, 0.1) is 0 Å². The van der Waals surface area contributed by atoms with Crippen molar-refractivity contribution in [3.8, 4) is 10.4 Å². The number of hydrogen-bond acceptors (Lipinski definition) is 3. The smallest absolute Gasteiger partial charge is 0.255 e. The SMILES string of the molecule is CN(C)c1ccc(NC(=O)c2ccc(-c3cccs3)cc2)cc1. The second kappa shape index (κ2) is 6.67. The molecule has 0 radical (unpaired) electrons.